The molecule has 0 saturated heterocycles. The summed E-state index contributed by atoms with van der Waals surface area (Å²) in [5, 5.41) is 3.21. The van der Waals surface area contributed by atoms with Gasteiger partial charge in [0.25, 0.3) is 0 Å². The SMILES string of the molecule is C=CCn1c(=O)n(CC=C)c(=O)n(CC(=O)NCc2ccc(-c3ccc(Cl)cc3)o2)c1=O. The van der Waals surface area contributed by atoms with Crippen molar-refractivity contribution in [3.8, 4) is 11.3 Å². The highest BCUT2D eigenvalue weighted by Crippen LogP contribution is 2.23. The van der Waals surface area contributed by atoms with Crippen molar-refractivity contribution < 1.29 is 9.21 Å². The Balaban J connectivity index is 1.76. The van der Waals surface area contributed by atoms with E-state index < -0.39 is 29.5 Å². The molecule has 0 aliphatic rings. The second-order valence-electron chi connectivity index (χ2n) is 6.78. The summed E-state index contributed by atoms with van der Waals surface area (Å²) in [6.45, 7) is 6.30. The minimum atomic E-state index is -0.890. The van der Waals surface area contributed by atoms with Gasteiger partial charge >= 0.3 is 17.1 Å². The molecule has 0 radical (unpaired) electrons. The van der Waals surface area contributed by atoms with Crippen LogP contribution in [0.2, 0.25) is 5.02 Å². The van der Waals surface area contributed by atoms with Crippen LogP contribution in [0.3, 0.4) is 0 Å². The third kappa shape index (κ3) is 4.89. The van der Waals surface area contributed by atoms with Crippen molar-refractivity contribution in [1.29, 1.82) is 0 Å². The fourth-order valence-corrected chi connectivity index (χ4v) is 3.14. The van der Waals surface area contributed by atoms with Crippen molar-refractivity contribution in [1.82, 2.24) is 19.0 Å². The number of aromatic nitrogens is 3. The highest BCUT2D eigenvalue weighted by molar-refractivity contribution is 6.30. The molecule has 32 heavy (non-hydrogen) atoms. The number of carbonyl (C=O) groups is 1. The van der Waals surface area contributed by atoms with Crippen molar-refractivity contribution in [2.45, 2.75) is 26.2 Å². The van der Waals surface area contributed by atoms with Crippen LogP contribution < -0.4 is 22.4 Å². The summed E-state index contributed by atoms with van der Waals surface area (Å²) < 4.78 is 8.07. The van der Waals surface area contributed by atoms with E-state index in [0.717, 1.165) is 14.7 Å². The van der Waals surface area contributed by atoms with E-state index >= 15 is 0 Å². The third-order valence-electron chi connectivity index (χ3n) is 4.56. The van der Waals surface area contributed by atoms with Gasteiger partial charge in [-0.1, -0.05) is 23.8 Å². The van der Waals surface area contributed by atoms with Crippen LogP contribution in [0, 0.1) is 0 Å². The number of nitrogens with zero attached hydrogens (tertiary/aromatic N) is 3. The quantitative estimate of drug-likeness (QED) is 0.494. The molecule has 10 heteroatoms. The van der Waals surface area contributed by atoms with Crippen molar-refractivity contribution in [2.75, 3.05) is 0 Å². The molecule has 0 fully saturated rings. The molecule has 0 unspecified atom stereocenters. The first-order valence-electron chi connectivity index (χ1n) is 9.63. The Kier molecular flexibility index (Phi) is 7.11. The van der Waals surface area contributed by atoms with Crippen LogP contribution >= 0.6 is 11.6 Å². The number of allylic oxidation sites excluding steroid dienone is 2. The number of benzene rings is 1. The van der Waals surface area contributed by atoms with Gasteiger partial charge < -0.3 is 9.73 Å². The van der Waals surface area contributed by atoms with Crippen molar-refractivity contribution in [2.24, 2.45) is 0 Å². The summed E-state index contributed by atoms with van der Waals surface area (Å²) in [6, 6.07) is 10.6. The molecule has 0 aliphatic carbocycles. The summed E-state index contributed by atoms with van der Waals surface area (Å²) in [7, 11) is 0. The van der Waals surface area contributed by atoms with Gasteiger partial charge in [-0.15, -0.1) is 13.2 Å². The predicted molar refractivity (Wildman–Crippen MR) is 121 cm³/mol. The fourth-order valence-electron chi connectivity index (χ4n) is 3.02. The molecule has 0 bridgehead atoms. The average molecular weight is 457 g/mol. The molecule has 9 nitrogen and oxygen atoms in total. The van der Waals surface area contributed by atoms with Crippen molar-refractivity contribution in [3.63, 3.8) is 0 Å². The zero-order chi connectivity index (χ0) is 23.3. The first-order valence-corrected chi connectivity index (χ1v) is 10.0. The smallest absolute Gasteiger partial charge is 0.337 e. The largest absolute Gasteiger partial charge is 0.459 e. The monoisotopic (exact) mass is 456 g/mol. The van der Waals surface area contributed by atoms with E-state index in [4.69, 9.17) is 16.0 Å². The van der Waals surface area contributed by atoms with E-state index in [1.807, 2.05) is 12.1 Å². The van der Waals surface area contributed by atoms with Gasteiger partial charge in [0.2, 0.25) is 5.91 Å². The molecule has 1 amide bonds. The lowest BCUT2D eigenvalue weighted by atomic mass is 10.2. The van der Waals surface area contributed by atoms with E-state index in [9.17, 15) is 19.2 Å². The van der Waals surface area contributed by atoms with Gasteiger partial charge in [0, 0.05) is 10.6 Å². The summed E-state index contributed by atoms with van der Waals surface area (Å²) in [4.78, 5) is 50.0. The third-order valence-corrected chi connectivity index (χ3v) is 4.81. The standard InChI is InChI=1S/C22H21ClN4O5/c1-3-11-25-20(29)26(12-4-2)22(31)27(21(25)30)14-19(28)24-13-17-9-10-18(32-17)15-5-7-16(23)8-6-15/h3-10H,1-2,11-14H2,(H,24,28). The number of carbonyl (C=O) groups excluding carboxylic acids is 1. The number of hydrogen-bond donors (Lipinski definition) is 1. The Morgan fingerprint density at radius 1 is 0.906 bits per heavy atom. The van der Waals surface area contributed by atoms with E-state index in [0.29, 0.717) is 21.1 Å². The Bertz CT molecular complexity index is 1280. The highest BCUT2D eigenvalue weighted by atomic mass is 35.5. The minimum absolute atomic E-state index is 0.0499. The Labute approximate surface area is 187 Å². The normalized spacial score (nSPS) is 10.7. The average Bonchev–Trinajstić information content (AvgIpc) is 3.25. The number of furan rings is 1. The van der Waals surface area contributed by atoms with Crippen LogP contribution in [0.25, 0.3) is 11.3 Å². The molecular formula is C22H21ClN4O5. The molecule has 1 N–H and O–H groups in total. The predicted octanol–water partition coefficient (Wildman–Crippen LogP) is 1.77. The van der Waals surface area contributed by atoms with Crippen LogP contribution in [0.5, 0.6) is 0 Å². The van der Waals surface area contributed by atoms with Gasteiger partial charge in [-0.3, -0.25) is 4.79 Å². The van der Waals surface area contributed by atoms with Crippen LogP contribution in [0.15, 0.2) is 80.5 Å². The van der Waals surface area contributed by atoms with E-state index in [2.05, 4.69) is 18.5 Å². The van der Waals surface area contributed by atoms with Crippen LogP contribution in [-0.2, 0) is 31.0 Å². The molecule has 166 valence electrons. The van der Waals surface area contributed by atoms with Gasteiger partial charge in [-0.05, 0) is 36.4 Å². The molecule has 3 aromatic rings. The lowest BCUT2D eigenvalue weighted by Crippen LogP contribution is -2.55. The molecule has 0 saturated carbocycles. The minimum Gasteiger partial charge on any atom is -0.459 e. The molecule has 0 aliphatic heterocycles. The summed E-state index contributed by atoms with van der Waals surface area (Å²) >= 11 is 5.89. The maximum absolute atomic E-state index is 12.6. The molecule has 2 heterocycles. The highest BCUT2D eigenvalue weighted by Gasteiger charge is 2.16. The number of hydrogen-bond acceptors (Lipinski definition) is 5. The number of rotatable bonds is 9. The molecule has 1 aromatic carbocycles. The number of halogens is 1. The second kappa shape index (κ2) is 9.97. The maximum atomic E-state index is 12.6. The van der Waals surface area contributed by atoms with Gasteiger partial charge in [0.05, 0.1) is 19.6 Å². The number of amides is 1. The fraction of sp³-hybridized carbons (Fsp3) is 0.182. The van der Waals surface area contributed by atoms with E-state index in [-0.39, 0.29) is 19.6 Å². The van der Waals surface area contributed by atoms with Crippen molar-refractivity contribution >= 4 is 17.5 Å². The molecule has 3 rings (SSSR count). The topological polar surface area (TPSA) is 108 Å². The van der Waals surface area contributed by atoms with Crippen LogP contribution in [-0.4, -0.2) is 19.6 Å². The van der Waals surface area contributed by atoms with Crippen LogP contribution in [0.4, 0.5) is 0 Å². The Morgan fingerprint density at radius 3 is 2.03 bits per heavy atom. The zero-order valence-corrected chi connectivity index (χ0v) is 17.9. The molecule has 0 atom stereocenters. The van der Waals surface area contributed by atoms with E-state index in [1.54, 1.807) is 24.3 Å². The molecule has 0 spiro atoms. The summed E-state index contributed by atoms with van der Waals surface area (Å²) in [6.07, 6.45) is 2.70. The zero-order valence-electron chi connectivity index (χ0n) is 17.1. The molecule has 2 aromatic heterocycles. The maximum Gasteiger partial charge on any atom is 0.337 e. The first kappa shape index (κ1) is 22.8. The Morgan fingerprint density at radius 2 is 1.47 bits per heavy atom. The molecular weight excluding hydrogens is 436 g/mol. The summed E-state index contributed by atoms with van der Waals surface area (Å²) in [5.41, 5.74) is -1.75. The van der Waals surface area contributed by atoms with Gasteiger partial charge in [0.15, 0.2) is 0 Å². The first-order chi connectivity index (χ1) is 15.3. The lowest BCUT2D eigenvalue weighted by Gasteiger charge is -2.12. The summed E-state index contributed by atoms with van der Waals surface area (Å²) in [5.74, 6) is 0.491. The van der Waals surface area contributed by atoms with Gasteiger partial charge in [-0.2, -0.15) is 0 Å². The van der Waals surface area contributed by atoms with Crippen LogP contribution in [0.1, 0.15) is 5.76 Å². The van der Waals surface area contributed by atoms with E-state index in [1.165, 1.54) is 12.2 Å². The van der Waals surface area contributed by atoms with Gasteiger partial charge in [-0.25, -0.2) is 28.1 Å². The lowest BCUT2D eigenvalue weighted by molar-refractivity contribution is -0.122. The van der Waals surface area contributed by atoms with Crippen molar-refractivity contribution in [3.05, 3.63) is 104 Å². The number of nitrogens with one attached hydrogen (secondary N) is 1. The van der Waals surface area contributed by atoms with Gasteiger partial charge in [0.1, 0.15) is 18.1 Å². The Hall–Kier alpha value is -3.85. The second-order valence-corrected chi connectivity index (χ2v) is 7.22.